The molecule has 2 aliphatic rings. The predicted molar refractivity (Wildman–Crippen MR) is 101 cm³/mol. The molecule has 0 spiro atoms. The Morgan fingerprint density at radius 1 is 1.36 bits per heavy atom. The molecule has 2 unspecified atom stereocenters. The van der Waals surface area contributed by atoms with Gasteiger partial charge in [-0.1, -0.05) is 19.3 Å². The van der Waals surface area contributed by atoms with Gasteiger partial charge in [0.15, 0.2) is 5.96 Å². The number of hydrogen-bond donors (Lipinski definition) is 2. The zero-order valence-corrected chi connectivity index (χ0v) is 15.5. The van der Waals surface area contributed by atoms with E-state index in [1.807, 2.05) is 19.1 Å². The average molecular weight is 348 g/mol. The van der Waals surface area contributed by atoms with Crippen LogP contribution < -0.4 is 5.32 Å². The molecular formula is C20H33N3O2. The molecule has 3 rings (SSSR count). The van der Waals surface area contributed by atoms with E-state index in [9.17, 15) is 5.11 Å². The number of rotatable bonds is 6. The van der Waals surface area contributed by atoms with Crippen molar-refractivity contribution in [2.45, 2.75) is 58.0 Å². The van der Waals surface area contributed by atoms with Gasteiger partial charge in [-0.05, 0) is 44.2 Å². The minimum absolute atomic E-state index is 0.243. The van der Waals surface area contributed by atoms with Gasteiger partial charge in [0.2, 0.25) is 0 Å². The molecule has 2 heterocycles. The zero-order valence-electron chi connectivity index (χ0n) is 15.5. The summed E-state index contributed by atoms with van der Waals surface area (Å²) in [6, 6.07) is 3.95. The van der Waals surface area contributed by atoms with Crippen LogP contribution in [0.25, 0.3) is 0 Å². The van der Waals surface area contributed by atoms with Crippen molar-refractivity contribution in [2.24, 2.45) is 16.8 Å². The van der Waals surface area contributed by atoms with Crippen molar-refractivity contribution in [3.05, 3.63) is 24.2 Å². The quantitative estimate of drug-likeness (QED) is 0.613. The summed E-state index contributed by atoms with van der Waals surface area (Å²) < 4.78 is 5.42. The van der Waals surface area contributed by atoms with E-state index in [0.717, 1.165) is 56.7 Å². The Morgan fingerprint density at radius 3 is 2.88 bits per heavy atom. The lowest BCUT2D eigenvalue weighted by atomic mass is 9.89. The number of likely N-dealkylation sites (tertiary alicyclic amines) is 1. The lowest BCUT2D eigenvalue weighted by molar-refractivity contribution is 0.132. The van der Waals surface area contributed by atoms with Gasteiger partial charge in [0.05, 0.1) is 12.4 Å². The van der Waals surface area contributed by atoms with E-state index >= 15 is 0 Å². The summed E-state index contributed by atoms with van der Waals surface area (Å²) in [6.45, 7) is 5.53. The van der Waals surface area contributed by atoms with Crippen LogP contribution in [-0.4, -0.2) is 48.2 Å². The fraction of sp³-hybridized carbons (Fsp3) is 0.750. The Balaban J connectivity index is 1.56. The number of aliphatic imine (C=N–C) groups is 1. The first kappa shape index (κ1) is 18.3. The fourth-order valence-corrected chi connectivity index (χ4v) is 3.98. The number of guanidine groups is 1. The van der Waals surface area contributed by atoms with Crippen molar-refractivity contribution >= 4 is 5.96 Å². The van der Waals surface area contributed by atoms with Gasteiger partial charge in [0.1, 0.15) is 5.76 Å². The van der Waals surface area contributed by atoms with Crippen molar-refractivity contribution < 1.29 is 9.52 Å². The highest BCUT2D eigenvalue weighted by Crippen LogP contribution is 2.24. The van der Waals surface area contributed by atoms with E-state index in [-0.39, 0.29) is 6.10 Å². The maximum Gasteiger partial charge on any atom is 0.193 e. The van der Waals surface area contributed by atoms with Crippen LogP contribution in [0.3, 0.4) is 0 Å². The van der Waals surface area contributed by atoms with Crippen molar-refractivity contribution in [2.75, 3.05) is 26.2 Å². The molecule has 1 aliphatic heterocycles. The first-order valence-electron chi connectivity index (χ1n) is 9.96. The molecule has 0 bridgehead atoms. The molecule has 0 amide bonds. The maximum atomic E-state index is 9.89. The highest BCUT2D eigenvalue weighted by atomic mass is 16.3. The second-order valence-electron chi connectivity index (χ2n) is 7.66. The first-order valence-corrected chi connectivity index (χ1v) is 9.96. The summed E-state index contributed by atoms with van der Waals surface area (Å²) in [5, 5.41) is 13.4. The highest BCUT2D eigenvalue weighted by molar-refractivity contribution is 5.80. The van der Waals surface area contributed by atoms with Crippen LogP contribution in [0.1, 0.15) is 51.2 Å². The molecule has 5 heteroatoms. The number of furan rings is 1. The standard InChI is InChI=1S/C20H33N3O2/c1-16(24)18-10-12-23(15-18)20(21-11-9-19-8-5-13-25-19)22-14-17-6-3-2-4-7-17/h5,8,13,16-18,24H,2-4,6-7,9-12,14-15H2,1H3,(H,21,22). The van der Waals surface area contributed by atoms with E-state index in [0.29, 0.717) is 5.92 Å². The summed E-state index contributed by atoms with van der Waals surface area (Å²) >= 11 is 0. The summed E-state index contributed by atoms with van der Waals surface area (Å²) in [4.78, 5) is 7.28. The highest BCUT2D eigenvalue weighted by Gasteiger charge is 2.28. The Hall–Kier alpha value is -1.49. The second-order valence-corrected chi connectivity index (χ2v) is 7.66. The second kappa shape index (κ2) is 9.27. The van der Waals surface area contributed by atoms with Crippen LogP contribution in [0.4, 0.5) is 0 Å². The molecule has 0 radical (unpaired) electrons. The SMILES string of the molecule is CC(O)C1CCN(C(=NCC2CCCCC2)NCCc2ccco2)C1. The van der Waals surface area contributed by atoms with Crippen LogP contribution in [0, 0.1) is 11.8 Å². The third-order valence-corrected chi connectivity index (χ3v) is 5.67. The largest absolute Gasteiger partial charge is 0.469 e. The third-order valence-electron chi connectivity index (χ3n) is 5.67. The van der Waals surface area contributed by atoms with E-state index in [1.165, 1.54) is 32.1 Å². The summed E-state index contributed by atoms with van der Waals surface area (Å²) in [5.41, 5.74) is 0. The summed E-state index contributed by atoms with van der Waals surface area (Å²) in [5.74, 6) is 3.11. The Labute approximate surface area is 151 Å². The molecule has 1 saturated carbocycles. The minimum Gasteiger partial charge on any atom is -0.469 e. The number of aliphatic hydroxyl groups excluding tert-OH is 1. The van der Waals surface area contributed by atoms with Crippen molar-refractivity contribution in [3.63, 3.8) is 0 Å². The molecule has 25 heavy (non-hydrogen) atoms. The summed E-state index contributed by atoms with van der Waals surface area (Å²) in [6.07, 6.45) is 10.1. The molecule has 0 aromatic carbocycles. The van der Waals surface area contributed by atoms with Crippen molar-refractivity contribution in [1.82, 2.24) is 10.2 Å². The topological polar surface area (TPSA) is 61.0 Å². The predicted octanol–water partition coefficient (Wildman–Crippen LogP) is 3.05. The monoisotopic (exact) mass is 347 g/mol. The van der Waals surface area contributed by atoms with Gasteiger partial charge in [0.25, 0.3) is 0 Å². The number of nitrogens with one attached hydrogen (secondary N) is 1. The lowest BCUT2D eigenvalue weighted by Gasteiger charge is -2.25. The van der Waals surface area contributed by atoms with E-state index in [4.69, 9.17) is 9.41 Å². The van der Waals surface area contributed by atoms with Gasteiger partial charge in [-0.2, -0.15) is 0 Å². The molecule has 2 atom stereocenters. The molecule has 1 aromatic heterocycles. The van der Waals surface area contributed by atoms with E-state index < -0.39 is 0 Å². The molecule has 2 fully saturated rings. The minimum atomic E-state index is -0.243. The van der Waals surface area contributed by atoms with E-state index in [1.54, 1.807) is 6.26 Å². The van der Waals surface area contributed by atoms with Crippen LogP contribution in [0.2, 0.25) is 0 Å². The number of hydrogen-bond acceptors (Lipinski definition) is 3. The van der Waals surface area contributed by atoms with Gasteiger partial charge in [-0.25, -0.2) is 0 Å². The van der Waals surface area contributed by atoms with Gasteiger partial charge in [-0.3, -0.25) is 4.99 Å². The molecule has 1 aromatic rings. The van der Waals surface area contributed by atoms with Crippen LogP contribution in [0.15, 0.2) is 27.8 Å². The lowest BCUT2D eigenvalue weighted by Crippen LogP contribution is -2.42. The number of aliphatic hydroxyl groups is 1. The fourth-order valence-electron chi connectivity index (χ4n) is 3.98. The molecule has 2 N–H and O–H groups in total. The van der Waals surface area contributed by atoms with Gasteiger partial charge < -0.3 is 19.7 Å². The average Bonchev–Trinajstić information content (AvgIpc) is 3.30. The van der Waals surface area contributed by atoms with Crippen LogP contribution in [-0.2, 0) is 6.42 Å². The molecule has 140 valence electrons. The zero-order chi connectivity index (χ0) is 17.5. The molecule has 1 saturated heterocycles. The Kier molecular flexibility index (Phi) is 6.79. The Bertz CT molecular complexity index is 521. The van der Waals surface area contributed by atoms with Gasteiger partial charge in [-0.15, -0.1) is 0 Å². The third kappa shape index (κ3) is 5.50. The normalized spacial score (nSPS) is 23.8. The molecule has 5 nitrogen and oxygen atoms in total. The number of nitrogens with zero attached hydrogens (tertiary/aromatic N) is 2. The Morgan fingerprint density at radius 2 is 2.20 bits per heavy atom. The van der Waals surface area contributed by atoms with Crippen LogP contribution in [0.5, 0.6) is 0 Å². The van der Waals surface area contributed by atoms with Crippen LogP contribution >= 0.6 is 0 Å². The molecule has 1 aliphatic carbocycles. The van der Waals surface area contributed by atoms with Gasteiger partial charge in [0, 0.05) is 38.5 Å². The van der Waals surface area contributed by atoms with Crippen molar-refractivity contribution in [1.29, 1.82) is 0 Å². The van der Waals surface area contributed by atoms with E-state index in [2.05, 4.69) is 10.2 Å². The van der Waals surface area contributed by atoms with Crippen molar-refractivity contribution in [3.8, 4) is 0 Å². The summed E-state index contributed by atoms with van der Waals surface area (Å²) in [7, 11) is 0. The van der Waals surface area contributed by atoms with Gasteiger partial charge >= 0.3 is 0 Å². The molecular weight excluding hydrogens is 314 g/mol. The first-order chi connectivity index (χ1) is 12.2. The maximum absolute atomic E-state index is 9.89. The smallest absolute Gasteiger partial charge is 0.193 e.